The number of nitriles is 2. The van der Waals surface area contributed by atoms with Crippen LogP contribution in [0.4, 0.5) is 0 Å². The number of benzene rings is 7. The third-order valence-electron chi connectivity index (χ3n) is 9.78. The molecule has 0 N–H and O–H groups in total. The molecule has 0 fully saturated rings. The Hall–Kier alpha value is -6.66. The van der Waals surface area contributed by atoms with Crippen molar-refractivity contribution in [2.45, 2.75) is 0 Å². The Morgan fingerprint density at radius 1 is 0.429 bits per heavy atom. The molecular formula is C44H24N4S. The van der Waals surface area contributed by atoms with Gasteiger partial charge in [0.15, 0.2) is 0 Å². The maximum absolute atomic E-state index is 9.82. The minimum Gasteiger partial charge on any atom is -0.309 e. The van der Waals surface area contributed by atoms with E-state index in [0.29, 0.717) is 11.1 Å². The van der Waals surface area contributed by atoms with E-state index in [0.717, 1.165) is 60.7 Å². The van der Waals surface area contributed by atoms with Crippen LogP contribution >= 0.6 is 11.3 Å². The molecule has 7 aromatic carbocycles. The molecule has 0 aliphatic heterocycles. The van der Waals surface area contributed by atoms with Crippen LogP contribution in [0.1, 0.15) is 11.1 Å². The van der Waals surface area contributed by atoms with E-state index < -0.39 is 0 Å². The van der Waals surface area contributed by atoms with E-state index in [4.69, 9.17) is 0 Å². The molecule has 5 heteroatoms. The first-order chi connectivity index (χ1) is 24.2. The maximum atomic E-state index is 9.82. The zero-order valence-corrected chi connectivity index (χ0v) is 26.9. The van der Waals surface area contributed by atoms with Crippen LogP contribution in [-0.4, -0.2) is 9.13 Å². The smallest absolute Gasteiger partial charge is 0.0991 e. The van der Waals surface area contributed by atoms with E-state index >= 15 is 0 Å². The molecule has 10 rings (SSSR count). The minimum atomic E-state index is 0.648. The van der Waals surface area contributed by atoms with Gasteiger partial charge in [0, 0.05) is 52.8 Å². The Kier molecular flexibility index (Phi) is 5.84. The summed E-state index contributed by atoms with van der Waals surface area (Å²) >= 11 is 1.77. The van der Waals surface area contributed by atoms with Gasteiger partial charge in [0.2, 0.25) is 0 Å². The molecule has 3 aromatic heterocycles. The highest BCUT2D eigenvalue weighted by Crippen LogP contribution is 2.45. The number of hydrogen-bond donors (Lipinski definition) is 0. The second-order valence-electron chi connectivity index (χ2n) is 12.3. The van der Waals surface area contributed by atoms with Crippen LogP contribution < -0.4 is 0 Å². The van der Waals surface area contributed by atoms with Crippen LogP contribution in [0.3, 0.4) is 0 Å². The van der Waals surface area contributed by atoms with E-state index in [2.05, 4.69) is 143 Å². The van der Waals surface area contributed by atoms with Crippen LogP contribution in [0.15, 0.2) is 146 Å². The predicted molar refractivity (Wildman–Crippen MR) is 203 cm³/mol. The third kappa shape index (κ3) is 3.88. The number of rotatable bonds is 3. The summed E-state index contributed by atoms with van der Waals surface area (Å²) in [6, 6.07) is 55.5. The molecule has 0 amide bonds. The van der Waals surface area contributed by atoms with Crippen molar-refractivity contribution >= 4 is 75.1 Å². The first-order valence-corrected chi connectivity index (χ1v) is 17.0. The quantitative estimate of drug-likeness (QED) is 0.193. The molecule has 0 unspecified atom stereocenters. The van der Waals surface area contributed by atoms with Crippen LogP contribution in [0.2, 0.25) is 0 Å². The minimum absolute atomic E-state index is 0.648. The highest BCUT2D eigenvalue weighted by molar-refractivity contribution is 7.26. The SMILES string of the molecule is N#Cc1ccc2sc3ccc4c5ccccc5n(-c5ccccc5-c5ccccc5-n5c6ccccc6c6cc(C#N)ccc65)c4c3c2c1. The molecule has 0 aliphatic carbocycles. The molecule has 0 bridgehead atoms. The lowest BCUT2D eigenvalue weighted by molar-refractivity contribution is 1.16. The fourth-order valence-electron chi connectivity index (χ4n) is 7.73. The third-order valence-corrected chi connectivity index (χ3v) is 10.9. The number of thiophene rings is 1. The van der Waals surface area contributed by atoms with Crippen molar-refractivity contribution in [3.05, 3.63) is 157 Å². The van der Waals surface area contributed by atoms with Crippen molar-refractivity contribution in [1.82, 2.24) is 9.13 Å². The lowest BCUT2D eigenvalue weighted by Gasteiger charge is -2.18. The molecule has 0 saturated carbocycles. The van der Waals surface area contributed by atoms with Crippen LogP contribution in [0, 0.1) is 22.7 Å². The Bertz CT molecular complexity index is 3090. The maximum Gasteiger partial charge on any atom is 0.0991 e. The fourth-order valence-corrected chi connectivity index (χ4v) is 8.82. The van der Waals surface area contributed by atoms with Gasteiger partial charge >= 0.3 is 0 Å². The van der Waals surface area contributed by atoms with Crippen molar-refractivity contribution < 1.29 is 0 Å². The fraction of sp³-hybridized carbons (Fsp3) is 0. The summed E-state index contributed by atoms with van der Waals surface area (Å²) in [5, 5.41) is 26.4. The second kappa shape index (κ2) is 10.4. The zero-order valence-electron chi connectivity index (χ0n) is 26.1. The molecule has 0 spiro atoms. The Labute approximate surface area is 285 Å². The first kappa shape index (κ1) is 27.5. The van der Waals surface area contributed by atoms with Crippen LogP contribution in [0.25, 0.3) is 86.3 Å². The average Bonchev–Trinajstić information content (AvgIpc) is 3.81. The Balaban J connectivity index is 1.33. The molecule has 3 heterocycles. The van der Waals surface area contributed by atoms with Crippen molar-refractivity contribution in [2.24, 2.45) is 0 Å². The molecule has 4 nitrogen and oxygen atoms in total. The summed E-state index contributed by atoms with van der Waals surface area (Å²) in [5.74, 6) is 0. The van der Waals surface area contributed by atoms with Gasteiger partial charge in [-0.3, -0.25) is 0 Å². The van der Waals surface area contributed by atoms with Gasteiger partial charge in [-0.1, -0.05) is 78.9 Å². The van der Waals surface area contributed by atoms with Crippen molar-refractivity contribution in [3.63, 3.8) is 0 Å². The average molecular weight is 641 g/mol. The van der Waals surface area contributed by atoms with Gasteiger partial charge in [0.05, 0.1) is 56.7 Å². The summed E-state index contributed by atoms with van der Waals surface area (Å²) in [5.41, 5.74) is 10.1. The Morgan fingerprint density at radius 3 is 1.67 bits per heavy atom. The highest BCUT2D eigenvalue weighted by atomic mass is 32.1. The van der Waals surface area contributed by atoms with Crippen molar-refractivity contribution in [2.75, 3.05) is 0 Å². The van der Waals surface area contributed by atoms with E-state index in [-0.39, 0.29) is 0 Å². The van der Waals surface area contributed by atoms with Gasteiger partial charge in [-0.15, -0.1) is 11.3 Å². The number of fused-ring (bicyclic) bond motifs is 10. The van der Waals surface area contributed by atoms with Gasteiger partial charge in [-0.05, 0) is 66.7 Å². The van der Waals surface area contributed by atoms with Gasteiger partial charge < -0.3 is 9.13 Å². The molecule has 10 aromatic rings. The summed E-state index contributed by atoms with van der Waals surface area (Å²) in [4.78, 5) is 0. The monoisotopic (exact) mass is 640 g/mol. The van der Waals surface area contributed by atoms with E-state index in [1.807, 2.05) is 24.3 Å². The van der Waals surface area contributed by atoms with Gasteiger partial charge in [-0.25, -0.2) is 0 Å². The lowest BCUT2D eigenvalue weighted by Crippen LogP contribution is -2.01. The predicted octanol–water partition coefficient (Wildman–Crippen LogP) is 11.7. The summed E-state index contributed by atoms with van der Waals surface area (Å²) in [7, 11) is 0. The zero-order chi connectivity index (χ0) is 32.6. The number of hydrogen-bond acceptors (Lipinski definition) is 3. The summed E-state index contributed by atoms with van der Waals surface area (Å²) in [6.07, 6.45) is 0. The molecular weight excluding hydrogens is 617 g/mol. The second-order valence-corrected chi connectivity index (χ2v) is 13.4. The van der Waals surface area contributed by atoms with E-state index in [1.54, 1.807) is 11.3 Å². The lowest BCUT2D eigenvalue weighted by atomic mass is 10.0. The van der Waals surface area contributed by atoms with Gasteiger partial charge in [-0.2, -0.15) is 10.5 Å². The van der Waals surface area contributed by atoms with Crippen molar-refractivity contribution in [1.29, 1.82) is 10.5 Å². The van der Waals surface area contributed by atoms with Crippen LogP contribution in [0.5, 0.6) is 0 Å². The highest BCUT2D eigenvalue weighted by Gasteiger charge is 2.22. The van der Waals surface area contributed by atoms with Gasteiger partial charge in [0.25, 0.3) is 0 Å². The number of nitrogens with zero attached hydrogens (tertiary/aromatic N) is 4. The largest absolute Gasteiger partial charge is 0.309 e. The Morgan fingerprint density at radius 2 is 0.959 bits per heavy atom. The van der Waals surface area contributed by atoms with E-state index in [9.17, 15) is 10.5 Å². The molecule has 0 radical (unpaired) electrons. The van der Waals surface area contributed by atoms with E-state index in [1.165, 1.54) is 25.6 Å². The number of para-hydroxylation sites is 4. The molecule has 0 saturated heterocycles. The first-order valence-electron chi connectivity index (χ1n) is 16.1. The molecule has 0 aliphatic rings. The molecule has 0 atom stereocenters. The normalized spacial score (nSPS) is 11.6. The van der Waals surface area contributed by atoms with Crippen molar-refractivity contribution in [3.8, 4) is 34.6 Å². The summed E-state index contributed by atoms with van der Waals surface area (Å²) in [6.45, 7) is 0. The molecule has 226 valence electrons. The molecule has 49 heavy (non-hydrogen) atoms. The standard InChI is InChI=1S/C44H24N4S/c45-25-27-17-20-40-34(23-27)32-12-4-6-14-37(32)47(40)36-13-5-1-9-29(36)30-10-2-7-15-38(30)48-39-16-8-3-11-31(39)33-19-22-42-43(44(33)48)35-24-28(26-46)18-21-41(35)49-42/h1-24H. The topological polar surface area (TPSA) is 57.4 Å². The van der Waals surface area contributed by atoms with Gasteiger partial charge in [0.1, 0.15) is 0 Å². The van der Waals surface area contributed by atoms with Crippen LogP contribution in [-0.2, 0) is 0 Å². The summed E-state index contributed by atoms with van der Waals surface area (Å²) < 4.78 is 7.12. The number of aromatic nitrogens is 2.